The first kappa shape index (κ1) is 7.39. The van der Waals surface area contributed by atoms with Crippen molar-refractivity contribution >= 4 is 17.5 Å². The molecule has 0 aliphatic rings. The lowest BCUT2D eigenvalue weighted by atomic mass is 10.5. The summed E-state index contributed by atoms with van der Waals surface area (Å²) in [4.78, 5) is 16.9. The molecule has 0 aliphatic carbocycles. The molecule has 0 saturated heterocycles. The quantitative estimate of drug-likeness (QED) is 0.414. The smallest absolute Gasteiger partial charge is 0.277 e. The molecule has 60 valence electrons. The molecule has 6 heteroatoms. The zero-order valence-electron chi connectivity index (χ0n) is 6.01. The minimum Gasteiger partial charge on any atom is -0.382 e. The lowest BCUT2D eigenvalue weighted by Crippen LogP contribution is -2.17. The molecule has 11 heavy (non-hydrogen) atoms. The molecule has 6 N–H and O–H groups in total. The Balaban J connectivity index is 3.37. The van der Waals surface area contributed by atoms with Crippen LogP contribution in [-0.2, 0) is 0 Å². The third-order valence-corrected chi connectivity index (χ3v) is 1.22. The number of hydrogen-bond acceptors (Lipinski definition) is 5. The predicted molar refractivity (Wildman–Crippen MR) is 43.2 cm³/mol. The molecule has 0 aromatic carbocycles. The van der Waals surface area contributed by atoms with Gasteiger partial charge in [0, 0.05) is 7.05 Å². The Labute approximate surface area is 62.6 Å². The van der Waals surface area contributed by atoms with E-state index in [1.807, 2.05) is 0 Å². The average molecular weight is 155 g/mol. The molecule has 0 atom stereocenters. The Bertz CT molecular complexity index is 317. The molecule has 0 saturated carbocycles. The number of hydrogen-bond donors (Lipinski definition) is 4. The summed E-state index contributed by atoms with van der Waals surface area (Å²) < 4.78 is 0. The third kappa shape index (κ3) is 1.23. The number of nitrogen functional groups attached to an aromatic ring is 2. The van der Waals surface area contributed by atoms with Crippen molar-refractivity contribution in [3.63, 3.8) is 0 Å². The second kappa shape index (κ2) is 2.49. The zero-order valence-corrected chi connectivity index (χ0v) is 6.01. The van der Waals surface area contributed by atoms with Crippen LogP contribution >= 0.6 is 0 Å². The van der Waals surface area contributed by atoms with Gasteiger partial charge in [-0.15, -0.1) is 0 Å². The molecule has 0 spiro atoms. The maximum Gasteiger partial charge on any atom is 0.277 e. The van der Waals surface area contributed by atoms with Crippen molar-refractivity contribution in [3.05, 3.63) is 10.4 Å². The van der Waals surface area contributed by atoms with Crippen LogP contribution in [0.5, 0.6) is 0 Å². The minimum atomic E-state index is -0.363. The van der Waals surface area contributed by atoms with E-state index in [1.165, 1.54) is 0 Å². The fraction of sp³-hybridized carbons (Fsp3) is 0.200. The number of nitrogens with one attached hydrogen (secondary N) is 2. The van der Waals surface area contributed by atoms with Gasteiger partial charge in [-0.1, -0.05) is 0 Å². The van der Waals surface area contributed by atoms with E-state index in [9.17, 15) is 4.79 Å². The van der Waals surface area contributed by atoms with Gasteiger partial charge in [0.2, 0.25) is 5.95 Å². The fourth-order valence-electron chi connectivity index (χ4n) is 0.750. The maximum atomic E-state index is 11.0. The van der Waals surface area contributed by atoms with Gasteiger partial charge in [-0.3, -0.25) is 9.78 Å². The van der Waals surface area contributed by atoms with Crippen molar-refractivity contribution in [3.8, 4) is 0 Å². The molecular weight excluding hydrogens is 146 g/mol. The van der Waals surface area contributed by atoms with Crippen LogP contribution in [-0.4, -0.2) is 17.0 Å². The molecule has 0 radical (unpaired) electrons. The number of H-pyrrole nitrogens is 1. The Morgan fingerprint density at radius 3 is 2.64 bits per heavy atom. The van der Waals surface area contributed by atoms with E-state index < -0.39 is 0 Å². The highest BCUT2D eigenvalue weighted by molar-refractivity contribution is 5.60. The summed E-state index contributed by atoms with van der Waals surface area (Å²) in [7, 11) is 1.58. The number of anilines is 3. The molecule has 0 aliphatic heterocycles. The lowest BCUT2D eigenvalue weighted by Gasteiger charge is -2.01. The van der Waals surface area contributed by atoms with Gasteiger partial charge in [-0.05, 0) is 0 Å². The summed E-state index contributed by atoms with van der Waals surface area (Å²) in [5.74, 6) is 0.125. The maximum absolute atomic E-state index is 11.0. The summed E-state index contributed by atoms with van der Waals surface area (Å²) in [6, 6.07) is 0. The van der Waals surface area contributed by atoms with Gasteiger partial charge in [0.05, 0.1) is 0 Å². The number of aromatic amines is 1. The van der Waals surface area contributed by atoms with Crippen LogP contribution in [0.2, 0.25) is 0 Å². The normalized spacial score (nSPS) is 9.55. The van der Waals surface area contributed by atoms with Gasteiger partial charge in [-0.25, -0.2) is 0 Å². The van der Waals surface area contributed by atoms with E-state index in [-0.39, 0.29) is 23.0 Å². The van der Waals surface area contributed by atoms with E-state index in [0.29, 0.717) is 0 Å². The highest BCUT2D eigenvalue weighted by Crippen LogP contribution is 2.07. The van der Waals surface area contributed by atoms with Crippen molar-refractivity contribution in [2.45, 2.75) is 0 Å². The molecule has 1 aromatic rings. The molecule has 1 heterocycles. The first-order valence-corrected chi connectivity index (χ1v) is 2.98. The van der Waals surface area contributed by atoms with E-state index in [4.69, 9.17) is 11.5 Å². The van der Waals surface area contributed by atoms with E-state index >= 15 is 0 Å². The van der Waals surface area contributed by atoms with E-state index in [2.05, 4.69) is 15.3 Å². The Kier molecular flexibility index (Phi) is 1.67. The molecule has 0 amide bonds. The summed E-state index contributed by atoms with van der Waals surface area (Å²) in [6.45, 7) is 0. The summed E-state index contributed by atoms with van der Waals surface area (Å²) in [5.41, 5.74) is 10.4. The van der Waals surface area contributed by atoms with Crippen molar-refractivity contribution in [2.24, 2.45) is 0 Å². The van der Waals surface area contributed by atoms with E-state index in [1.54, 1.807) is 7.05 Å². The van der Waals surface area contributed by atoms with Crippen molar-refractivity contribution in [1.29, 1.82) is 0 Å². The highest BCUT2D eigenvalue weighted by Gasteiger charge is 2.03. The van der Waals surface area contributed by atoms with Crippen molar-refractivity contribution < 1.29 is 0 Å². The van der Waals surface area contributed by atoms with Gasteiger partial charge < -0.3 is 16.8 Å². The molecule has 6 nitrogen and oxygen atoms in total. The SMILES string of the molecule is CNc1c(N)nc(N)[nH]c1=O. The van der Waals surface area contributed by atoms with Gasteiger partial charge >= 0.3 is 0 Å². The average Bonchev–Trinajstić information content (AvgIpc) is 1.85. The molecule has 0 bridgehead atoms. The molecule has 0 fully saturated rings. The summed E-state index contributed by atoms with van der Waals surface area (Å²) in [6.07, 6.45) is 0. The Morgan fingerprint density at radius 1 is 1.55 bits per heavy atom. The molecule has 1 rings (SSSR count). The molecule has 0 unspecified atom stereocenters. The second-order valence-electron chi connectivity index (χ2n) is 1.96. The standard InChI is InChI=1S/C5H9N5O/c1-8-2-3(6)9-5(7)10-4(2)11/h8H,1H3,(H5,6,7,9,10,11). The highest BCUT2D eigenvalue weighted by atomic mass is 16.1. The zero-order chi connectivity index (χ0) is 8.43. The van der Waals surface area contributed by atoms with Crippen LogP contribution in [0, 0.1) is 0 Å². The van der Waals surface area contributed by atoms with Crippen LogP contribution in [0.1, 0.15) is 0 Å². The molecular formula is C5H9N5O. The lowest BCUT2D eigenvalue weighted by molar-refractivity contribution is 1.14. The number of aromatic nitrogens is 2. The van der Waals surface area contributed by atoms with Gasteiger partial charge in [0.15, 0.2) is 5.82 Å². The Hall–Kier alpha value is -1.72. The van der Waals surface area contributed by atoms with Gasteiger partial charge in [-0.2, -0.15) is 4.98 Å². The predicted octanol–water partition coefficient (Wildman–Crippen LogP) is -1.02. The van der Waals surface area contributed by atoms with Crippen LogP contribution in [0.3, 0.4) is 0 Å². The van der Waals surface area contributed by atoms with Crippen LogP contribution in [0.25, 0.3) is 0 Å². The van der Waals surface area contributed by atoms with Crippen molar-refractivity contribution in [1.82, 2.24) is 9.97 Å². The first-order chi connectivity index (χ1) is 5.15. The Morgan fingerprint density at radius 2 is 2.18 bits per heavy atom. The van der Waals surface area contributed by atoms with Crippen LogP contribution in [0.4, 0.5) is 17.5 Å². The van der Waals surface area contributed by atoms with E-state index in [0.717, 1.165) is 0 Å². The topological polar surface area (TPSA) is 110 Å². The fourth-order valence-corrected chi connectivity index (χ4v) is 0.750. The van der Waals surface area contributed by atoms with Gasteiger partial charge in [0.25, 0.3) is 5.56 Å². The minimum absolute atomic E-state index is 0.0199. The monoisotopic (exact) mass is 155 g/mol. The summed E-state index contributed by atoms with van der Waals surface area (Å²) in [5, 5.41) is 2.60. The second-order valence-corrected chi connectivity index (χ2v) is 1.96. The van der Waals surface area contributed by atoms with Gasteiger partial charge in [0.1, 0.15) is 5.69 Å². The number of nitrogens with zero attached hydrogens (tertiary/aromatic N) is 1. The van der Waals surface area contributed by atoms with Crippen LogP contribution in [0.15, 0.2) is 4.79 Å². The van der Waals surface area contributed by atoms with Crippen molar-refractivity contribution in [2.75, 3.05) is 23.8 Å². The largest absolute Gasteiger partial charge is 0.382 e. The van der Waals surface area contributed by atoms with Crippen LogP contribution < -0.4 is 22.3 Å². The first-order valence-electron chi connectivity index (χ1n) is 2.98. The third-order valence-electron chi connectivity index (χ3n) is 1.22. The number of nitrogens with two attached hydrogens (primary N) is 2. The number of rotatable bonds is 1. The summed E-state index contributed by atoms with van der Waals surface area (Å²) >= 11 is 0. The molecule has 1 aromatic heterocycles.